The van der Waals surface area contributed by atoms with Crippen molar-refractivity contribution < 1.29 is 9.72 Å². The third-order valence-electron chi connectivity index (χ3n) is 5.23. The van der Waals surface area contributed by atoms with Crippen LogP contribution < -0.4 is 5.32 Å². The SMILES string of the molecule is Cc1c(NC(=O)CN(Cc2ccccc2)C(C)C2CC2)cccc1[N+](=O)[O-]. The number of rotatable bonds is 8. The summed E-state index contributed by atoms with van der Waals surface area (Å²) in [7, 11) is 0. The topological polar surface area (TPSA) is 75.5 Å². The quantitative estimate of drug-likeness (QED) is 0.562. The van der Waals surface area contributed by atoms with Gasteiger partial charge in [0, 0.05) is 18.7 Å². The highest BCUT2D eigenvalue weighted by molar-refractivity contribution is 5.93. The Morgan fingerprint density at radius 3 is 2.56 bits per heavy atom. The van der Waals surface area contributed by atoms with Gasteiger partial charge in [-0.05, 0) is 44.2 Å². The maximum atomic E-state index is 12.7. The third-order valence-corrected chi connectivity index (χ3v) is 5.23. The first kappa shape index (κ1) is 19.0. The van der Waals surface area contributed by atoms with Crippen LogP contribution in [0.5, 0.6) is 0 Å². The molecule has 0 saturated heterocycles. The van der Waals surface area contributed by atoms with Gasteiger partial charge < -0.3 is 5.32 Å². The number of nitro groups is 1. The van der Waals surface area contributed by atoms with Crippen molar-refractivity contribution in [2.75, 3.05) is 11.9 Å². The Morgan fingerprint density at radius 2 is 1.93 bits per heavy atom. The van der Waals surface area contributed by atoms with E-state index >= 15 is 0 Å². The monoisotopic (exact) mass is 367 g/mol. The molecule has 1 atom stereocenters. The molecule has 6 heteroatoms. The summed E-state index contributed by atoms with van der Waals surface area (Å²) in [6.07, 6.45) is 2.41. The highest BCUT2D eigenvalue weighted by atomic mass is 16.6. The largest absolute Gasteiger partial charge is 0.324 e. The Hall–Kier alpha value is -2.73. The Balaban J connectivity index is 1.71. The molecule has 1 amide bonds. The number of anilines is 1. The molecule has 1 aliphatic carbocycles. The molecule has 0 aromatic heterocycles. The summed E-state index contributed by atoms with van der Waals surface area (Å²) in [5.74, 6) is 0.489. The minimum atomic E-state index is -0.429. The Labute approximate surface area is 159 Å². The average molecular weight is 367 g/mol. The van der Waals surface area contributed by atoms with Gasteiger partial charge in [-0.1, -0.05) is 36.4 Å². The number of hydrogen-bond donors (Lipinski definition) is 1. The number of carbonyl (C=O) groups is 1. The van der Waals surface area contributed by atoms with Crippen LogP contribution in [0.3, 0.4) is 0 Å². The van der Waals surface area contributed by atoms with E-state index in [-0.39, 0.29) is 18.1 Å². The number of amides is 1. The fourth-order valence-electron chi connectivity index (χ4n) is 3.37. The second kappa shape index (κ2) is 8.31. The van der Waals surface area contributed by atoms with E-state index in [1.54, 1.807) is 19.1 Å². The lowest BCUT2D eigenvalue weighted by atomic mass is 10.1. The number of nitrogens with zero attached hydrogens (tertiary/aromatic N) is 2. The molecular weight excluding hydrogens is 342 g/mol. The van der Waals surface area contributed by atoms with Crippen LogP contribution in [0.25, 0.3) is 0 Å². The Morgan fingerprint density at radius 1 is 1.22 bits per heavy atom. The average Bonchev–Trinajstić information content (AvgIpc) is 3.48. The van der Waals surface area contributed by atoms with E-state index in [9.17, 15) is 14.9 Å². The van der Waals surface area contributed by atoms with Gasteiger partial charge in [0.2, 0.25) is 5.91 Å². The molecule has 3 rings (SSSR count). The van der Waals surface area contributed by atoms with Gasteiger partial charge in [-0.25, -0.2) is 0 Å². The number of carbonyl (C=O) groups excluding carboxylic acids is 1. The highest BCUT2D eigenvalue weighted by Gasteiger charge is 2.32. The third kappa shape index (κ3) is 4.92. The standard InChI is InChI=1S/C21H25N3O3/c1-15-19(9-6-10-20(15)24(26)27)22-21(25)14-23(16(2)18-11-12-18)13-17-7-4-3-5-8-17/h3-10,16,18H,11-14H2,1-2H3,(H,22,25). The molecule has 1 fully saturated rings. The van der Waals surface area contributed by atoms with Crippen molar-refractivity contribution in [1.82, 2.24) is 4.90 Å². The molecule has 0 heterocycles. The smallest absolute Gasteiger partial charge is 0.274 e. The van der Waals surface area contributed by atoms with E-state index in [1.807, 2.05) is 18.2 Å². The summed E-state index contributed by atoms with van der Waals surface area (Å²) < 4.78 is 0. The molecule has 0 aliphatic heterocycles. The van der Waals surface area contributed by atoms with Crippen LogP contribution >= 0.6 is 0 Å². The van der Waals surface area contributed by atoms with Crippen molar-refractivity contribution in [3.05, 3.63) is 69.8 Å². The van der Waals surface area contributed by atoms with Crippen LogP contribution in [0.4, 0.5) is 11.4 Å². The van der Waals surface area contributed by atoms with Gasteiger partial charge in [0.1, 0.15) is 0 Å². The number of hydrogen-bond acceptors (Lipinski definition) is 4. The molecule has 6 nitrogen and oxygen atoms in total. The lowest BCUT2D eigenvalue weighted by Crippen LogP contribution is -2.40. The van der Waals surface area contributed by atoms with Crippen LogP contribution in [0, 0.1) is 23.0 Å². The molecule has 1 N–H and O–H groups in total. The Kier molecular flexibility index (Phi) is 5.86. The predicted molar refractivity (Wildman–Crippen MR) is 106 cm³/mol. The molecule has 2 aromatic carbocycles. The zero-order chi connectivity index (χ0) is 19.4. The second-order valence-corrected chi connectivity index (χ2v) is 7.22. The Bertz CT molecular complexity index is 819. The first-order valence-corrected chi connectivity index (χ1v) is 9.27. The summed E-state index contributed by atoms with van der Waals surface area (Å²) in [5.41, 5.74) is 2.15. The normalized spacial score (nSPS) is 14.8. The molecule has 1 saturated carbocycles. The molecular formula is C21H25N3O3. The first-order valence-electron chi connectivity index (χ1n) is 9.27. The van der Waals surface area contributed by atoms with Crippen molar-refractivity contribution in [3.63, 3.8) is 0 Å². The fourth-order valence-corrected chi connectivity index (χ4v) is 3.37. The lowest BCUT2D eigenvalue weighted by Gasteiger charge is -2.29. The summed E-state index contributed by atoms with van der Waals surface area (Å²) in [4.78, 5) is 25.5. The van der Waals surface area contributed by atoms with Crippen molar-refractivity contribution in [2.24, 2.45) is 5.92 Å². The predicted octanol–water partition coefficient (Wildman–Crippen LogP) is 4.14. The molecule has 27 heavy (non-hydrogen) atoms. The maximum Gasteiger partial charge on any atom is 0.274 e. The number of nitro benzene ring substituents is 1. The molecule has 142 valence electrons. The highest BCUT2D eigenvalue weighted by Crippen LogP contribution is 2.35. The minimum Gasteiger partial charge on any atom is -0.324 e. The lowest BCUT2D eigenvalue weighted by molar-refractivity contribution is -0.385. The molecule has 0 radical (unpaired) electrons. The fraction of sp³-hybridized carbons (Fsp3) is 0.381. The summed E-state index contributed by atoms with van der Waals surface area (Å²) in [5, 5.41) is 13.9. The van der Waals surface area contributed by atoms with Crippen LogP contribution in [-0.2, 0) is 11.3 Å². The summed E-state index contributed by atoms with van der Waals surface area (Å²) in [6.45, 7) is 4.79. The molecule has 0 spiro atoms. The van der Waals surface area contributed by atoms with E-state index in [4.69, 9.17) is 0 Å². The first-order chi connectivity index (χ1) is 13.0. The van der Waals surface area contributed by atoms with Gasteiger partial charge >= 0.3 is 0 Å². The van der Waals surface area contributed by atoms with E-state index in [2.05, 4.69) is 29.3 Å². The van der Waals surface area contributed by atoms with Gasteiger partial charge in [-0.3, -0.25) is 19.8 Å². The summed E-state index contributed by atoms with van der Waals surface area (Å²) >= 11 is 0. The van der Waals surface area contributed by atoms with Gasteiger partial charge in [0.05, 0.1) is 22.7 Å². The zero-order valence-electron chi connectivity index (χ0n) is 15.7. The van der Waals surface area contributed by atoms with Crippen LogP contribution in [0.1, 0.15) is 30.9 Å². The maximum absolute atomic E-state index is 12.7. The molecule has 2 aromatic rings. The van der Waals surface area contributed by atoms with Crippen molar-refractivity contribution in [2.45, 2.75) is 39.3 Å². The van der Waals surface area contributed by atoms with E-state index in [0.717, 1.165) is 0 Å². The van der Waals surface area contributed by atoms with Gasteiger partial charge in [0.25, 0.3) is 5.69 Å². The van der Waals surface area contributed by atoms with Crippen molar-refractivity contribution in [1.29, 1.82) is 0 Å². The number of benzene rings is 2. The summed E-state index contributed by atoms with van der Waals surface area (Å²) in [6, 6.07) is 15.2. The minimum absolute atomic E-state index is 0.0142. The van der Waals surface area contributed by atoms with Gasteiger partial charge in [0.15, 0.2) is 0 Å². The second-order valence-electron chi connectivity index (χ2n) is 7.22. The molecule has 0 bridgehead atoms. The number of nitrogens with one attached hydrogen (secondary N) is 1. The van der Waals surface area contributed by atoms with Gasteiger partial charge in [-0.15, -0.1) is 0 Å². The molecule has 1 unspecified atom stereocenters. The van der Waals surface area contributed by atoms with Gasteiger partial charge in [-0.2, -0.15) is 0 Å². The van der Waals surface area contributed by atoms with Crippen molar-refractivity contribution in [3.8, 4) is 0 Å². The van der Waals surface area contributed by atoms with Crippen LogP contribution in [0.15, 0.2) is 48.5 Å². The van der Waals surface area contributed by atoms with E-state index in [1.165, 1.54) is 24.5 Å². The van der Waals surface area contributed by atoms with Crippen LogP contribution in [-0.4, -0.2) is 28.3 Å². The zero-order valence-corrected chi connectivity index (χ0v) is 15.7. The van der Waals surface area contributed by atoms with E-state index in [0.29, 0.717) is 29.8 Å². The van der Waals surface area contributed by atoms with E-state index < -0.39 is 4.92 Å². The van der Waals surface area contributed by atoms with Crippen molar-refractivity contribution >= 4 is 17.3 Å². The molecule has 1 aliphatic rings. The van der Waals surface area contributed by atoms with Crippen LogP contribution in [0.2, 0.25) is 0 Å².